The molecule has 0 saturated heterocycles. The van der Waals surface area contributed by atoms with Crippen molar-refractivity contribution in [2.75, 3.05) is 13.7 Å². The largest absolute Gasteiger partial charge is 0.465 e. The Morgan fingerprint density at radius 1 is 1.03 bits per heavy atom. The summed E-state index contributed by atoms with van der Waals surface area (Å²) in [7, 11) is 1.01. The molecule has 0 aromatic carbocycles. The number of aliphatic hydroxyl groups excluding tert-OH is 3. The fourth-order valence-corrected chi connectivity index (χ4v) is 3.17. The van der Waals surface area contributed by atoms with Gasteiger partial charge in [0.05, 0.1) is 6.61 Å². The van der Waals surface area contributed by atoms with Crippen LogP contribution >= 0.6 is 0 Å². The molecule has 0 aliphatic carbocycles. The average Bonchev–Trinajstić information content (AvgIpc) is 2.88. The molecule has 0 aromatic heterocycles. The number of carboxylic acid groups (broad SMARTS) is 1. The number of aldehydes is 1. The van der Waals surface area contributed by atoms with Crippen molar-refractivity contribution in [3.8, 4) is 0 Å². The molecule has 0 bridgehead atoms. The first-order chi connectivity index (χ1) is 18.1. The second-order valence-corrected chi connectivity index (χ2v) is 8.55. The molecule has 0 aromatic rings. The molecule has 222 valence electrons. The molecule has 0 fully saturated rings. The number of aliphatic hydroxyl groups is 3. The first-order valence-corrected chi connectivity index (χ1v) is 11.8. The van der Waals surface area contributed by atoms with Crippen LogP contribution < -0.4 is 21.7 Å². The number of primary amides is 1. The lowest BCUT2D eigenvalue weighted by Gasteiger charge is -2.32. The molecule has 0 heterocycles. The van der Waals surface area contributed by atoms with Crippen LogP contribution in [0.5, 0.6) is 0 Å². The molecule has 0 rings (SSSR count). The number of hydrogen-bond acceptors (Lipinski definition) is 11. The molecule has 0 spiro atoms. The number of ether oxygens (including phenoxy) is 1. The summed E-state index contributed by atoms with van der Waals surface area (Å²) in [6, 6.07) is -4.13. The Kier molecular flexibility index (Phi) is 15.4. The zero-order valence-electron chi connectivity index (χ0n) is 22.0. The smallest absolute Gasteiger partial charge is 0.413 e. The number of carbonyl (C=O) groups is 7. The average molecular weight is 564 g/mol. The van der Waals surface area contributed by atoms with Gasteiger partial charge in [-0.15, -0.1) is 0 Å². The van der Waals surface area contributed by atoms with E-state index in [2.05, 4.69) is 16.0 Å². The summed E-state index contributed by atoms with van der Waals surface area (Å²) in [5.41, 5.74) is 5.27. The fraction of sp³-hybridized carbons (Fsp3) is 0.682. The van der Waals surface area contributed by atoms with E-state index in [1.165, 1.54) is 13.8 Å². The lowest BCUT2D eigenvalue weighted by atomic mass is 10.0. The van der Waals surface area contributed by atoms with Gasteiger partial charge in [-0.1, -0.05) is 6.92 Å². The summed E-state index contributed by atoms with van der Waals surface area (Å²) in [5.74, 6) is -4.33. The molecule has 3 unspecified atom stereocenters. The van der Waals surface area contributed by atoms with Crippen molar-refractivity contribution >= 4 is 41.9 Å². The number of amides is 6. The van der Waals surface area contributed by atoms with Gasteiger partial charge in [-0.25, -0.2) is 4.79 Å². The Bertz CT molecular complexity index is 901. The third-order valence-electron chi connectivity index (χ3n) is 5.53. The third-order valence-corrected chi connectivity index (χ3v) is 5.53. The van der Waals surface area contributed by atoms with E-state index in [1.807, 2.05) is 0 Å². The number of rotatable bonds is 17. The number of nitrogens with two attached hydrogens (primary N) is 1. The maximum Gasteiger partial charge on any atom is 0.413 e. The van der Waals surface area contributed by atoms with Crippen LogP contribution in [0.15, 0.2) is 0 Å². The van der Waals surface area contributed by atoms with E-state index in [-0.39, 0.29) is 19.1 Å². The molecule has 0 radical (unpaired) electrons. The van der Waals surface area contributed by atoms with Crippen molar-refractivity contribution in [3.05, 3.63) is 0 Å². The van der Waals surface area contributed by atoms with E-state index in [9.17, 15) is 43.8 Å². The number of nitrogens with one attached hydrogen (secondary N) is 3. The molecule has 39 heavy (non-hydrogen) atoms. The van der Waals surface area contributed by atoms with E-state index in [0.717, 1.165) is 14.0 Å². The summed E-state index contributed by atoms with van der Waals surface area (Å²) in [5, 5.41) is 44.9. The van der Waals surface area contributed by atoms with Gasteiger partial charge in [-0.2, -0.15) is 0 Å². The van der Waals surface area contributed by atoms with E-state index in [4.69, 9.17) is 20.7 Å². The summed E-state index contributed by atoms with van der Waals surface area (Å²) in [6.45, 7) is 2.86. The zero-order valence-corrected chi connectivity index (χ0v) is 22.0. The van der Waals surface area contributed by atoms with Crippen LogP contribution in [-0.4, -0.2) is 123 Å². The topological polar surface area (TPSA) is 275 Å². The number of carbonyl (C=O) groups excluding carboxylic acids is 6. The van der Waals surface area contributed by atoms with Gasteiger partial charge in [0.1, 0.15) is 48.8 Å². The number of imide groups is 1. The SMILES string of the molecule is CCC(NC(=O)C(C)O[C@@H]([C@H](O)[C@H](O)CO)[C@H](C=O)NC(C)=O)C(=O)NC(CCC(=O)N(C)C(=O)O)C(N)=O. The van der Waals surface area contributed by atoms with Gasteiger partial charge < -0.3 is 51.6 Å². The zero-order chi connectivity index (χ0) is 30.4. The molecule has 9 N–H and O–H groups in total. The number of hydrogen-bond donors (Lipinski definition) is 8. The van der Waals surface area contributed by atoms with Crippen LogP contribution in [0.1, 0.15) is 40.0 Å². The van der Waals surface area contributed by atoms with Crippen molar-refractivity contribution in [2.45, 2.75) is 82.6 Å². The molecule has 0 saturated carbocycles. The summed E-state index contributed by atoms with van der Waals surface area (Å²) < 4.78 is 5.43. The molecule has 17 nitrogen and oxygen atoms in total. The molecule has 0 aliphatic heterocycles. The summed E-state index contributed by atoms with van der Waals surface area (Å²) in [6.07, 6.45) is -8.88. The van der Waals surface area contributed by atoms with Gasteiger partial charge >= 0.3 is 6.09 Å². The monoisotopic (exact) mass is 563 g/mol. The lowest BCUT2D eigenvalue weighted by Crippen LogP contribution is -2.57. The summed E-state index contributed by atoms with van der Waals surface area (Å²) in [4.78, 5) is 83.2. The van der Waals surface area contributed by atoms with Gasteiger partial charge in [0.25, 0.3) is 0 Å². The quantitative estimate of drug-likeness (QED) is 0.0785. The van der Waals surface area contributed by atoms with E-state index >= 15 is 0 Å². The van der Waals surface area contributed by atoms with Crippen LogP contribution in [0.25, 0.3) is 0 Å². The highest BCUT2D eigenvalue weighted by molar-refractivity contribution is 5.93. The molecular weight excluding hydrogens is 526 g/mol. The Morgan fingerprint density at radius 3 is 2.03 bits per heavy atom. The summed E-state index contributed by atoms with van der Waals surface area (Å²) >= 11 is 0. The highest BCUT2D eigenvalue weighted by Gasteiger charge is 2.37. The second-order valence-electron chi connectivity index (χ2n) is 8.55. The lowest BCUT2D eigenvalue weighted by molar-refractivity contribution is -0.158. The van der Waals surface area contributed by atoms with Gasteiger partial charge in [-0.05, 0) is 19.8 Å². The number of nitrogens with zero attached hydrogens (tertiary/aromatic N) is 1. The molecule has 0 aliphatic rings. The maximum absolute atomic E-state index is 12.7. The molecule has 7 atom stereocenters. The minimum absolute atomic E-state index is 0.00852. The van der Waals surface area contributed by atoms with Crippen molar-refractivity contribution < 1.29 is 58.7 Å². The van der Waals surface area contributed by atoms with Gasteiger partial charge in [0.2, 0.25) is 29.5 Å². The highest BCUT2D eigenvalue weighted by Crippen LogP contribution is 2.13. The Morgan fingerprint density at radius 2 is 1.59 bits per heavy atom. The van der Waals surface area contributed by atoms with Crippen molar-refractivity contribution in [3.63, 3.8) is 0 Å². The van der Waals surface area contributed by atoms with Crippen molar-refractivity contribution in [1.82, 2.24) is 20.9 Å². The highest BCUT2D eigenvalue weighted by atomic mass is 16.5. The van der Waals surface area contributed by atoms with E-state index in [0.29, 0.717) is 4.90 Å². The fourth-order valence-electron chi connectivity index (χ4n) is 3.17. The standard InChI is InChI=1S/C22H37N5O12/c1-5-12(21(36)26-13(19(23)34)6-7-16(32)27(4)22(37)38)25-20(35)10(2)39-18(17(33)15(31)9-29)14(8-28)24-11(3)30/h8,10,12-15,17-18,29,31,33H,5-7,9H2,1-4H3,(H2,23,34)(H,24,30)(H,25,35)(H,26,36)(H,37,38)/t10?,12?,13?,14-,15+,17+,18+/m0/s1. The first-order valence-electron chi connectivity index (χ1n) is 11.8. The van der Waals surface area contributed by atoms with Crippen LogP contribution in [0.2, 0.25) is 0 Å². The van der Waals surface area contributed by atoms with Gasteiger partial charge in [-0.3, -0.25) is 28.9 Å². The van der Waals surface area contributed by atoms with Crippen molar-refractivity contribution in [1.29, 1.82) is 0 Å². The minimum atomic E-state index is -1.91. The van der Waals surface area contributed by atoms with Crippen LogP contribution in [0.4, 0.5) is 4.79 Å². The van der Waals surface area contributed by atoms with Crippen LogP contribution in [-0.2, 0) is 33.5 Å². The molecular formula is C22H37N5O12. The van der Waals surface area contributed by atoms with E-state index < -0.39 is 91.2 Å². The Balaban J connectivity index is 5.46. The molecule has 17 heteroatoms. The maximum atomic E-state index is 12.7. The van der Waals surface area contributed by atoms with Gasteiger partial charge in [0, 0.05) is 20.4 Å². The predicted octanol–water partition coefficient (Wildman–Crippen LogP) is -4.04. The van der Waals surface area contributed by atoms with Crippen LogP contribution in [0.3, 0.4) is 0 Å². The van der Waals surface area contributed by atoms with E-state index in [1.54, 1.807) is 0 Å². The first kappa shape index (κ1) is 35.3. The predicted molar refractivity (Wildman–Crippen MR) is 130 cm³/mol. The Hall–Kier alpha value is -3.67. The molecule has 6 amide bonds. The van der Waals surface area contributed by atoms with Gasteiger partial charge in [0.15, 0.2) is 0 Å². The van der Waals surface area contributed by atoms with Crippen molar-refractivity contribution in [2.24, 2.45) is 5.73 Å². The normalized spacial score (nSPS) is 16.3. The Labute approximate surface area is 224 Å². The minimum Gasteiger partial charge on any atom is -0.465 e. The second kappa shape index (κ2) is 17.0. The van der Waals surface area contributed by atoms with Crippen LogP contribution in [0, 0.1) is 0 Å². The third kappa shape index (κ3) is 11.7.